The molecule has 0 spiro atoms. The van der Waals surface area contributed by atoms with Crippen LogP contribution < -0.4 is 15.5 Å². The molecule has 10 nitrogen and oxygen atoms in total. The van der Waals surface area contributed by atoms with Gasteiger partial charge in [-0.2, -0.15) is 0 Å². The van der Waals surface area contributed by atoms with Crippen molar-refractivity contribution >= 4 is 56.2 Å². The van der Waals surface area contributed by atoms with E-state index in [4.69, 9.17) is 0 Å². The fourth-order valence-electron chi connectivity index (χ4n) is 3.62. The Balaban J connectivity index is 1.32. The maximum Gasteiger partial charge on any atom is 0.324 e. The minimum absolute atomic E-state index is 0.0125. The molecular formula is C20H17N5O5S2. The van der Waals surface area contributed by atoms with Gasteiger partial charge in [-0.3, -0.25) is 14.5 Å². The third kappa shape index (κ3) is 3.82. The molecule has 0 bridgehead atoms. The van der Waals surface area contributed by atoms with E-state index in [0.717, 1.165) is 15.5 Å². The molecular weight excluding hydrogens is 454 g/mol. The predicted molar refractivity (Wildman–Crippen MR) is 119 cm³/mol. The Kier molecular flexibility index (Phi) is 4.90. The Hall–Kier alpha value is -3.38. The smallest absolute Gasteiger partial charge is 0.324 e. The van der Waals surface area contributed by atoms with Gasteiger partial charge in [-0.15, -0.1) is 4.40 Å². The molecule has 2 aromatic carbocycles. The van der Waals surface area contributed by atoms with E-state index in [1.165, 1.54) is 11.8 Å². The Labute approximate surface area is 187 Å². The van der Waals surface area contributed by atoms with Crippen LogP contribution in [0.15, 0.2) is 51.8 Å². The number of carbonyl (C=O) groups is 3. The molecule has 32 heavy (non-hydrogen) atoms. The van der Waals surface area contributed by atoms with Gasteiger partial charge in [0.25, 0.3) is 15.9 Å². The van der Waals surface area contributed by atoms with Gasteiger partial charge in [0.15, 0.2) is 5.17 Å². The number of amidine groups is 1. The Bertz CT molecular complexity index is 1290. The second-order valence-electron chi connectivity index (χ2n) is 7.39. The van der Waals surface area contributed by atoms with Crippen molar-refractivity contribution in [1.82, 2.24) is 10.2 Å². The number of thioether (sulfide) groups is 1. The predicted octanol–water partition coefficient (Wildman–Crippen LogP) is 1.60. The topological polar surface area (TPSA) is 128 Å². The Morgan fingerprint density at radius 3 is 2.81 bits per heavy atom. The summed E-state index contributed by atoms with van der Waals surface area (Å²) in [6.45, 7) is 0.434. The van der Waals surface area contributed by atoms with Gasteiger partial charge in [-0.1, -0.05) is 12.1 Å². The zero-order chi connectivity index (χ0) is 22.5. The molecule has 1 fully saturated rings. The van der Waals surface area contributed by atoms with Crippen LogP contribution in [-0.2, 0) is 21.4 Å². The van der Waals surface area contributed by atoms with E-state index in [0.29, 0.717) is 28.5 Å². The molecule has 3 aliphatic heterocycles. The number of amides is 4. The fraction of sp³-hybridized carbons (Fsp3) is 0.200. The highest BCUT2D eigenvalue weighted by molar-refractivity contribution is 8.15. The number of anilines is 2. The maximum atomic E-state index is 12.8. The number of imide groups is 1. The van der Waals surface area contributed by atoms with Gasteiger partial charge in [0.1, 0.15) is 0 Å². The molecule has 4 amide bonds. The molecule has 1 saturated heterocycles. The van der Waals surface area contributed by atoms with Crippen molar-refractivity contribution in [1.29, 1.82) is 0 Å². The largest absolute Gasteiger partial charge is 0.329 e. The number of sulfonamides is 1. The molecule has 2 N–H and O–H groups in total. The number of benzene rings is 2. The normalized spacial score (nSPS) is 18.7. The van der Waals surface area contributed by atoms with E-state index < -0.39 is 16.1 Å². The number of fused-ring (bicyclic) bond motifs is 3. The number of nitrogens with one attached hydrogen (secondary N) is 2. The monoisotopic (exact) mass is 471 g/mol. The van der Waals surface area contributed by atoms with Crippen LogP contribution in [0.2, 0.25) is 0 Å². The number of carbonyl (C=O) groups excluding carboxylic acids is 3. The first kappa shape index (κ1) is 20.5. The number of hydrogen-bond acceptors (Lipinski definition) is 7. The summed E-state index contributed by atoms with van der Waals surface area (Å²) in [6.07, 6.45) is 0. The van der Waals surface area contributed by atoms with Gasteiger partial charge >= 0.3 is 6.03 Å². The van der Waals surface area contributed by atoms with Gasteiger partial charge in [0.05, 0.1) is 24.5 Å². The van der Waals surface area contributed by atoms with Crippen LogP contribution in [-0.4, -0.2) is 55.2 Å². The van der Waals surface area contributed by atoms with Crippen molar-refractivity contribution in [3.05, 3.63) is 53.6 Å². The summed E-state index contributed by atoms with van der Waals surface area (Å²) >= 11 is 1.22. The second-order valence-corrected chi connectivity index (χ2v) is 10.2. The van der Waals surface area contributed by atoms with Gasteiger partial charge < -0.3 is 15.5 Å². The van der Waals surface area contributed by atoms with Gasteiger partial charge in [-0.05, 0) is 47.7 Å². The molecule has 0 radical (unpaired) electrons. The van der Waals surface area contributed by atoms with Gasteiger partial charge in [-0.25, -0.2) is 13.2 Å². The lowest BCUT2D eigenvalue weighted by atomic mass is 10.1. The SMILES string of the molecule is O=C(Nc1cccc(CN2C(=O)CNC2=O)c1)c1ccc2c(c1)SC1=NS(=O)(=O)CCN12. The van der Waals surface area contributed by atoms with E-state index in [2.05, 4.69) is 15.0 Å². The molecule has 3 aliphatic rings. The Morgan fingerprint density at radius 2 is 2.03 bits per heavy atom. The molecule has 0 saturated carbocycles. The molecule has 3 heterocycles. The van der Waals surface area contributed by atoms with Crippen molar-refractivity contribution in [2.75, 3.05) is 29.1 Å². The summed E-state index contributed by atoms with van der Waals surface area (Å²) in [5.41, 5.74) is 2.48. The molecule has 0 unspecified atom stereocenters. The molecule has 0 aliphatic carbocycles. The summed E-state index contributed by atoms with van der Waals surface area (Å²) in [5.74, 6) is -0.673. The van der Waals surface area contributed by atoms with Crippen molar-refractivity contribution < 1.29 is 22.8 Å². The van der Waals surface area contributed by atoms with Gasteiger partial charge in [0, 0.05) is 22.7 Å². The number of urea groups is 1. The van der Waals surface area contributed by atoms with Gasteiger partial charge in [0.2, 0.25) is 5.91 Å². The van der Waals surface area contributed by atoms with E-state index in [1.54, 1.807) is 42.5 Å². The molecule has 0 aromatic heterocycles. The highest BCUT2D eigenvalue weighted by Gasteiger charge is 2.33. The Morgan fingerprint density at radius 1 is 1.19 bits per heavy atom. The molecule has 0 atom stereocenters. The van der Waals surface area contributed by atoms with Crippen LogP contribution >= 0.6 is 11.8 Å². The highest BCUT2D eigenvalue weighted by Crippen LogP contribution is 2.42. The maximum absolute atomic E-state index is 12.8. The molecule has 2 aromatic rings. The van der Waals surface area contributed by atoms with E-state index >= 15 is 0 Å². The van der Waals surface area contributed by atoms with Crippen molar-refractivity contribution in [2.45, 2.75) is 11.4 Å². The molecule has 164 valence electrons. The number of rotatable bonds is 4. The lowest BCUT2D eigenvalue weighted by Gasteiger charge is -2.22. The zero-order valence-electron chi connectivity index (χ0n) is 16.6. The first-order chi connectivity index (χ1) is 15.3. The van der Waals surface area contributed by atoms with Crippen molar-refractivity contribution in [3.63, 3.8) is 0 Å². The van der Waals surface area contributed by atoms with Crippen LogP contribution in [0.3, 0.4) is 0 Å². The average molecular weight is 472 g/mol. The molecule has 5 rings (SSSR count). The van der Waals surface area contributed by atoms with Crippen molar-refractivity contribution in [2.24, 2.45) is 4.40 Å². The van der Waals surface area contributed by atoms with Crippen LogP contribution in [0, 0.1) is 0 Å². The van der Waals surface area contributed by atoms with Crippen LogP contribution in [0.1, 0.15) is 15.9 Å². The third-order valence-corrected chi connectivity index (χ3v) is 7.50. The average Bonchev–Trinajstić information content (AvgIpc) is 3.26. The minimum atomic E-state index is -3.44. The quantitative estimate of drug-likeness (QED) is 0.648. The minimum Gasteiger partial charge on any atom is -0.329 e. The standard InChI is InChI=1S/C20H17N5O5S2/c26-17-10-21-19(28)25(17)11-12-2-1-3-14(8-12)22-18(27)13-4-5-15-16(9-13)31-20-23-32(29,30)7-6-24(15)20/h1-5,8-9H,6-7,10-11H2,(H,21,28)(H,22,27). The highest BCUT2D eigenvalue weighted by atomic mass is 32.2. The van der Waals surface area contributed by atoms with Crippen LogP contribution in [0.25, 0.3) is 0 Å². The fourth-order valence-corrected chi connectivity index (χ4v) is 5.92. The summed E-state index contributed by atoms with van der Waals surface area (Å²) in [7, 11) is -3.44. The second kappa shape index (κ2) is 7.64. The third-order valence-electron chi connectivity index (χ3n) is 5.20. The van der Waals surface area contributed by atoms with E-state index in [-0.39, 0.29) is 30.7 Å². The zero-order valence-corrected chi connectivity index (χ0v) is 18.2. The van der Waals surface area contributed by atoms with E-state index in [9.17, 15) is 22.8 Å². The molecule has 12 heteroatoms. The number of hydrogen-bond donors (Lipinski definition) is 2. The van der Waals surface area contributed by atoms with E-state index in [1.807, 2.05) is 4.90 Å². The van der Waals surface area contributed by atoms with Crippen LogP contribution in [0.5, 0.6) is 0 Å². The lowest BCUT2D eigenvalue weighted by molar-refractivity contribution is -0.125. The first-order valence-corrected chi connectivity index (χ1v) is 12.1. The van der Waals surface area contributed by atoms with Crippen molar-refractivity contribution in [3.8, 4) is 0 Å². The summed E-state index contributed by atoms with van der Waals surface area (Å²) in [4.78, 5) is 40.0. The summed E-state index contributed by atoms with van der Waals surface area (Å²) in [6, 6.07) is 11.7. The van der Waals surface area contributed by atoms with Crippen LogP contribution in [0.4, 0.5) is 16.2 Å². The first-order valence-electron chi connectivity index (χ1n) is 9.70. The summed E-state index contributed by atoms with van der Waals surface area (Å²) < 4.78 is 27.3. The lowest BCUT2D eigenvalue weighted by Crippen LogP contribution is -2.35. The number of nitrogens with zero attached hydrogens (tertiary/aromatic N) is 3. The summed E-state index contributed by atoms with van der Waals surface area (Å²) in [5, 5.41) is 5.69.